The fourth-order valence-electron chi connectivity index (χ4n) is 4.81. The van der Waals surface area contributed by atoms with Crippen molar-refractivity contribution in [2.45, 2.75) is 56.9 Å². The molecule has 3 unspecified atom stereocenters. The molecule has 0 spiro atoms. The average Bonchev–Trinajstić information content (AvgIpc) is 2.62. The first kappa shape index (κ1) is 17.0. The van der Waals surface area contributed by atoms with Gasteiger partial charge in [0, 0.05) is 24.2 Å². The minimum atomic E-state index is -3.51. The summed E-state index contributed by atoms with van der Waals surface area (Å²) in [5.41, 5.74) is 1.80. The molecule has 1 saturated heterocycles. The van der Waals surface area contributed by atoms with E-state index in [2.05, 4.69) is 11.9 Å². The van der Waals surface area contributed by atoms with Crippen LogP contribution in [0.2, 0.25) is 0 Å². The molecule has 0 N–H and O–H groups in total. The average molecular weight is 359 g/mol. The third-order valence-corrected chi connectivity index (χ3v) is 8.19. The van der Waals surface area contributed by atoms with Crippen LogP contribution >= 0.6 is 0 Å². The fraction of sp³-hybridized carbons (Fsp3) is 0.550. The van der Waals surface area contributed by atoms with E-state index >= 15 is 0 Å². The van der Waals surface area contributed by atoms with Crippen molar-refractivity contribution in [1.29, 1.82) is 0 Å². The zero-order valence-electron chi connectivity index (χ0n) is 15.0. The van der Waals surface area contributed by atoms with Crippen LogP contribution in [0.1, 0.15) is 44.6 Å². The molecule has 2 fully saturated rings. The molecule has 0 radical (unpaired) electrons. The molecule has 0 amide bonds. The van der Waals surface area contributed by atoms with Crippen molar-refractivity contribution >= 4 is 20.9 Å². The first-order valence-corrected chi connectivity index (χ1v) is 10.8. The number of aryl methyl sites for hydroxylation is 1. The smallest absolute Gasteiger partial charge is 0.244 e. The summed E-state index contributed by atoms with van der Waals surface area (Å²) in [6.07, 6.45) is 7.21. The maximum atomic E-state index is 13.6. The number of sulfonamides is 1. The van der Waals surface area contributed by atoms with E-state index in [0.29, 0.717) is 23.3 Å². The van der Waals surface area contributed by atoms with Gasteiger partial charge in [0.15, 0.2) is 0 Å². The van der Waals surface area contributed by atoms with Gasteiger partial charge in [0.1, 0.15) is 0 Å². The summed E-state index contributed by atoms with van der Waals surface area (Å²) in [6.45, 7) is 4.91. The van der Waals surface area contributed by atoms with Crippen LogP contribution in [0.3, 0.4) is 0 Å². The Morgan fingerprint density at radius 3 is 2.76 bits per heavy atom. The zero-order valence-corrected chi connectivity index (χ0v) is 15.8. The van der Waals surface area contributed by atoms with Gasteiger partial charge in [0.25, 0.3) is 0 Å². The Morgan fingerprint density at radius 2 is 1.92 bits per heavy atom. The molecule has 134 valence electrons. The van der Waals surface area contributed by atoms with E-state index in [1.165, 1.54) is 6.42 Å². The monoisotopic (exact) mass is 358 g/mol. The molecule has 1 saturated carbocycles. The highest BCUT2D eigenvalue weighted by molar-refractivity contribution is 7.89. The zero-order chi connectivity index (χ0) is 17.6. The molecule has 1 aromatic carbocycles. The Kier molecular flexibility index (Phi) is 4.32. The lowest BCUT2D eigenvalue weighted by atomic mass is 9.74. The molecule has 4 nitrogen and oxygen atoms in total. The summed E-state index contributed by atoms with van der Waals surface area (Å²) >= 11 is 0. The van der Waals surface area contributed by atoms with Gasteiger partial charge in [0.05, 0.1) is 10.4 Å². The van der Waals surface area contributed by atoms with E-state index in [-0.39, 0.29) is 6.04 Å². The second kappa shape index (κ2) is 6.36. The lowest BCUT2D eigenvalue weighted by Crippen LogP contribution is -2.52. The van der Waals surface area contributed by atoms with Crippen molar-refractivity contribution in [3.8, 4) is 0 Å². The van der Waals surface area contributed by atoms with Gasteiger partial charge in [-0.05, 0) is 61.8 Å². The molecule has 5 heteroatoms. The molecule has 0 bridgehead atoms. The van der Waals surface area contributed by atoms with E-state index in [9.17, 15) is 8.42 Å². The molecular weight excluding hydrogens is 332 g/mol. The molecule has 2 aliphatic rings. The van der Waals surface area contributed by atoms with Gasteiger partial charge in [-0.3, -0.25) is 4.98 Å². The van der Waals surface area contributed by atoms with Crippen LogP contribution in [-0.2, 0) is 10.0 Å². The number of hydrogen-bond acceptors (Lipinski definition) is 3. The summed E-state index contributed by atoms with van der Waals surface area (Å²) in [5.74, 6) is 1.13. The van der Waals surface area contributed by atoms with Crippen LogP contribution in [-0.4, -0.2) is 30.3 Å². The normalized spacial score (nSPS) is 28.0. The molecule has 1 aliphatic heterocycles. The molecule has 4 rings (SSSR count). The van der Waals surface area contributed by atoms with Crippen LogP contribution in [0.25, 0.3) is 10.9 Å². The lowest BCUT2D eigenvalue weighted by Gasteiger charge is -2.46. The van der Waals surface area contributed by atoms with Gasteiger partial charge in [-0.15, -0.1) is 0 Å². The van der Waals surface area contributed by atoms with Gasteiger partial charge >= 0.3 is 0 Å². The van der Waals surface area contributed by atoms with Crippen molar-refractivity contribution in [2.24, 2.45) is 11.8 Å². The summed E-state index contributed by atoms with van der Waals surface area (Å²) in [6, 6.07) is 7.52. The summed E-state index contributed by atoms with van der Waals surface area (Å²) < 4.78 is 29.0. The van der Waals surface area contributed by atoms with E-state index in [1.54, 1.807) is 12.3 Å². The molecule has 2 aromatic rings. The first-order valence-electron chi connectivity index (χ1n) is 9.36. The molecule has 1 aliphatic carbocycles. The number of benzene rings is 1. The summed E-state index contributed by atoms with van der Waals surface area (Å²) in [5, 5.41) is 0.744. The molecule has 3 atom stereocenters. The number of nitrogens with zero attached hydrogens (tertiary/aromatic N) is 2. The minimum absolute atomic E-state index is 0.163. The summed E-state index contributed by atoms with van der Waals surface area (Å²) in [7, 11) is -3.51. The van der Waals surface area contributed by atoms with Crippen LogP contribution < -0.4 is 0 Å². The second-order valence-corrected chi connectivity index (χ2v) is 9.54. The van der Waals surface area contributed by atoms with Gasteiger partial charge in [-0.25, -0.2) is 8.42 Å². The van der Waals surface area contributed by atoms with E-state index in [4.69, 9.17) is 0 Å². The minimum Gasteiger partial charge on any atom is -0.256 e. The SMILES string of the molecule is Cc1ccc(S(=O)(=O)N2CCC(C)C3CCCCC32)c2cccnc12. The molecule has 25 heavy (non-hydrogen) atoms. The molecule has 1 aromatic heterocycles. The van der Waals surface area contributed by atoms with Gasteiger partial charge in [0.2, 0.25) is 10.0 Å². The highest BCUT2D eigenvalue weighted by atomic mass is 32.2. The first-order chi connectivity index (χ1) is 12.0. The topological polar surface area (TPSA) is 50.3 Å². The molecule has 2 heterocycles. The van der Waals surface area contributed by atoms with Crippen LogP contribution in [0.5, 0.6) is 0 Å². The molecular formula is C20H26N2O2S. The van der Waals surface area contributed by atoms with Crippen molar-refractivity contribution in [3.05, 3.63) is 36.0 Å². The third kappa shape index (κ3) is 2.77. The summed E-state index contributed by atoms with van der Waals surface area (Å²) in [4.78, 5) is 4.83. The fourth-order valence-corrected chi connectivity index (χ4v) is 6.71. The standard InChI is InChI=1S/C20H26N2O2S/c1-14-11-13-22(18-8-4-3-6-16(14)18)25(23,24)19-10-9-15(2)20-17(19)7-5-12-21-20/h5,7,9-10,12,14,16,18H,3-4,6,8,11,13H2,1-2H3. The maximum Gasteiger partial charge on any atom is 0.244 e. The van der Waals surface area contributed by atoms with E-state index in [0.717, 1.165) is 42.1 Å². The quantitative estimate of drug-likeness (QED) is 0.811. The number of hydrogen-bond donors (Lipinski definition) is 0. The Labute approximate surface area is 150 Å². The third-order valence-electron chi connectivity index (χ3n) is 6.21. The lowest BCUT2D eigenvalue weighted by molar-refractivity contribution is 0.0828. The second-order valence-electron chi connectivity index (χ2n) is 7.68. The van der Waals surface area contributed by atoms with Gasteiger partial charge in [-0.1, -0.05) is 25.8 Å². The van der Waals surface area contributed by atoms with Crippen molar-refractivity contribution in [1.82, 2.24) is 9.29 Å². The number of aromatic nitrogens is 1. The predicted molar refractivity (Wildman–Crippen MR) is 99.9 cm³/mol. The Bertz CT molecular complexity index is 894. The van der Waals surface area contributed by atoms with Gasteiger partial charge in [-0.2, -0.15) is 4.31 Å². The number of pyridine rings is 1. The Balaban J connectivity index is 1.81. The van der Waals surface area contributed by atoms with Gasteiger partial charge < -0.3 is 0 Å². The number of piperidine rings is 1. The number of fused-ring (bicyclic) bond motifs is 2. The Morgan fingerprint density at radius 1 is 1.12 bits per heavy atom. The van der Waals surface area contributed by atoms with Crippen LogP contribution in [0.15, 0.2) is 35.4 Å². The highest BCUT2D eigenvalue weighted by Crippen LogP contribution is 2.41. The van der Waals surface area contributed by atoms with E-state index < -0.39 is 10.0 Å². The van der Waals surface area contributed by atoms with E-state index in [1.807, 2.05) is 29.4 Å². The Hall–Kier alpha value is -1.46. The van der Waals surface area contributed by atoms with Crippen molar-refractivity contribution in [2.75, 3.05) is 6.54 Å². The van der Waals surface area contributed by atoms with Crippen LogP contribution in [0, 0.1) is 18.8 Å². The number of rotatable bonds is 2. The highest BCUT2D eigenvalue weighted by Gasteiger charge is 2.43. The largest absolute Gasteiger partial charge is 0.256 e. The maximum absolute atomic E-state index is 13.6. The van der Waals surface area contributed by atoms with Crippen molar-refractivity contribution in [3.63, 3.8) is 0 Å². The van der Waals surface area contributed by atoms with Crippen molar-refractivity contribution < 1.29 is 8.42 Å². The van der Waals surface area contributed by atoms with Crippen LogP contribution in [0.4, 0.5) is 0 Å². The predicted octanol–water partition coefficient (Wildman–Crippen LogP) is 4.13.